The fourth-order valence-electron chi connectivity index (χ4n) is 1.56. The van der Waals surface area contributed by atoms with Gasteiger partial charge in [-0.15, -0.1) is 0 Å². The number of nitrogens with zero attached hydrogens (tertiary/aromatic N) is 2. The zero-order valence-electron chi connectivity index (χ0n) is 8.68. The topological polar surface area (TPSA) is 99.0 Å². The number of hydrogen-bond donors (Lipinski definition) is 3. The highest BCUT2D eigenvalue weighted by Crippen LogP contribution is 2.15. The molecule has 0 bridgehead atoms. The molecule has 0 spiro atoms. The number of carbonyl (C=O) groups excluding carboxylic acids is 1. The summed E-state index contributed by atoms with van der Waals surface area (Å²) in [6.07, 6.45) is 1.72. The fourth-order valence-corrected chi connectivity index (χ4v) is 1.56. The van der Waals surface area contributed by atoms with Crippen LogP contribution in [0.1, 0.15) is 0 Å². The number of primary amides is 1. The molecule has 0 atom stereocenters. The lowest BCUT2D eigenvalue weighted by Crippen LogP contribution is -2.31. The van der Waals surface area contributed by atoms with Gasteiger partial charge in [-0.3, -0.25) is 0 Å². The predicted octanol–water partition coefficient (Wildman–Crippen LogP) is 0.287. The number of rotatable bonds is 3. The highest BCUT2D eigenvalue weighted by Gasteiger charge is 2.02. The first-order valence-corrected chi connectivity index (χ1v) is 4.90. The summed E-state index contributed by atoms with van der Waals surface area (Å²) in [5.74, 6) is 0. The van der Waals surface area contributed by atoms with Gasteiger partial charge in [0.25, 0.3) is 0 Å². The van der Waals surface area contributed by atoms with E-state index < -0.39 is 6.03 Å². The Morgan fingerprint density at radius 1 is 1.50 bits per heavy atom. The summed E-state index contributed by atoms with van der Waals surface area (Å²) in [5.41, 5.74) is 13.1. The van der Waals surface area contributed by atoms with Crippen molar-refractivity contribution in [1.82, 2.24) is 14.9 Å². The molecular formula is C10H13N5O. The van der Waals surface area contributed by atoms with Crippen molar-refractivity contribution in [2.75, 3.05) is 12.3 Å². The summed E-state index contributed by atoms with van der Waals surface area (Å²) in [6.45, 7) is 1.11. The lowest BCUT2D eigenvalue weighted by molar-refractivity contribution is 0.248. The van der Waals surface area contributed by atoms with Crippen LogP contribution in [0.15, 0.2) is 24.5 Å². The average molecular weight is 219 g/mol. The van der Waals surface area contributed by atoms with Gasteiger partial charge in [-0.2, -0.15) is 0 Å². The van der Waals surface area contributed by atoms with Crippen molar-refractivity contribution in [2.24, 2.45) is 5.73 Å². The molecule has 0 saturated carbocycles. The number of imidazole rings is 1. The maximum atomic E-state index is 10.5. The first-order valence-electron chi connectivity index (χ1n) is 4.90. The molecule has 0 unspecified atom stereocenters. The number of carbonyl (C=O) groups is 1. The van der Waals surface area contributed by atoms with Crippen LogP contribution in [-0.2, 0) is 6.54 Å². The van der Waals surface area contributed by atoms with E-state index in [4.69, 9.17) is 11.5 Å². The second kappa shape index (κ2) is 4.09. The Balaban J connectivity index is 2.15. The summed E-state index contributed by atoms with van der Waals surface area (Å²) in [4.78, 5) is 14.7. The first kappa shape index (κ1) is 10.3. The van der Waals surface area contributed by atoms with Crippen LogP contribution in [0.25, 0.3) is 11.0 Å². The Bertz CT molecular complexity index is 519. The largest absolute Gasteiger partial charge is 0.399 e. The molecule has 0 aliphatic rings. The SMILES string of the molecule is NC(=O)NCCn1cnc2cc(N)ccc21. The molecule has 2 amide bonds. The molecular weight excluding hydrogens is 206 g/mol. The maximum Gasteiger partial charge on any atom is 0.312 e. The van der Waals surface area contributed by atoms with E-state index in [0.717, 1.165) is 11.0 Å². The van der Waals surface area contributed by atoms with E-state index in [9.17, 15) is 4.79 Å². The molecule has 2 aromatic rings. The number of aromatic nitrogens is 2. The van der Waals surface area contributed by atoms with E-state index in [1.807, 2.05) is 22.8 Å². The highest BCUT2D eigenvalue weighted by atomic mass is 16.2. The molecule has 0 radical (unpaired) electrons. The third-order valence-electron chi connectivity index (χ3n) is 2.30. The Labute approximate surface area is 92.2 Å². The third-order valence-corrected chi connectivity index (χ3v) is 2.30. The minimum atomic E-state index is -0.520. The summed E-state index contributed by atoms with van der Waals surface area (Å²) in [7, 11) is 0. The van der Waals surface area contributed by atoms with E-state index in [1.54, 1.807) is 6.33 Å². The van der Waals surface area contributed by atoms with Gasteiger partial charge in [0.05, 0.1) is 17.4 Å². The van der Waals surface area contributed by atoms with E-state index >= 15 is 0 Å². The van der Waals surface area contributed by atoms with Gasteiger partial charge >= 0.3 is 6.03 Å². The minimum absolute atomic E-state index is 0.477. The molecule has 0 aliphatic carbocycles. The third kappa shape index (κ3) is 2.05. The van der Waals surface area contributed by atoms with Gasteiger partial charge in [0.2, 0.25) is 0 Å². The van der Waals surface area contributed by atoms with Gasteiger partial charge in [0.15, 0.2) is 0 Å². The lowest BCUT2D eigenvalue weighted by atomic mass is 10.3. The van der Waals surface area contributed by atoms with Gasteiger partial charge in [-0.25, -0.2) is 9.78 Å². The first-order chi connectivity index (χ1) is 7.66. The van der Waals surface area contributed by atoms with Crippen molar-refractivity contribution in [3.05, 3.63) is 24.5 Å². The van der Waals surface area contributed by atoms with Crippen LogP contribution in [0.2, 0.25) is 0 Å². The molecule has 0 saturated heterocycles. The van der Waals surface area contributed by atoms with Crippen LogP contribution < -0.4 is 16.8 Å². The molecule has 84 valence electrons. The van der Waals surface area contributed by atoms with Crippen molar-refractivity contribution in [3.8, 4) is 0 Å². The standard InChI is InChI=1S/C10H13N5O/c11-7-1-2-9-8(5-7)14-6-15(9)4-3-13-10(12)16/h1-2,5-6H,3-4,11H2,(H3,12,13,16). The normalized spacial score (nSPS) is 10.5. The van der Waals surface area contributed by atoms with Crippen LogP contribution in [0, 0.1) is 0 Å². The summed E-state index contributed by atoms with van der Waals surface area (Å²) in [6, 6.07) is 5.02. The number of nitrogens with two attached hydrogens (primary N) is 2. The van der Waals surface area contributed by atoms with Crippen LogP contribution in [0.4, 0.5) is 10.5 Å². The molecule has 16 heavy (non-hydrogen) atoms. The van der Waals surface area contributed by atoms with Crippen LogP contribution >= 0.6 is 0 Å². The quantitative estimate of drug-likeness (QED) is 0.647. The number of urea groups is 1. The molecule has 6 heteroatoms. The van der Waals surface area contributed by atoms with Gasteiger partial charge in [-0.1, -0.05) is 0 Å². The van der Waals surface area contributed by atoms with E-state index in [1.165, 1.54) is 0 Å². The lowest BCUT2D eigenvalue weighted by Gasteiger charge is -2.04. The Hall–Kier alpha value is -2.24. The predicted molar refractivity (Wildman–Crippen MR) is 61.7 cm³/mol. The molecule has 0 fully saturated rings. The number of fused-ring (bicyclic) bond motifs is 1. The van der Waals surface area contributed by atoms with Crippen LogP contribution in [-0.4, -0.2) is 22.1 Å². The van der Waals surface area contributed by atoms with Crippen molar-refractivity contribution < 1.29 is 4.79 Å². The molecule has 0 aliphatic heterocycles. The molecule has 2 rings (SSSR count). The van der Waals surface area contributed by atoms with Gasteiger partial charge in [0, 0.05) is 18.8 Å². The van der Waals surface area contributed by atoms with E-state index in [2.05, 4.69) is 10.3 Å². The summed E-state index contributed by atoms with van der Waals surface area (Å²) >= 11 is 0. The zero-order chi connectivity index (χ0) is 11.5. The Morgan fingerprint density at radius 3 is 3.06 bits per heavy atom. The molecule has 1 aromatic heterocycles. The van der Waals surface area contributed by atoms with Crippen molar-refractivity contribution in [2.45, 2.75) is 6.54 Å². The van der Waals surface area contributed by atoms with Gasteiger partial charge in [-0.05, 0) is 18.2 Å². The second-order valence-corrected chi connectivity index (χ2v) is 3.48. The molecule has 6 nitrogen and oxygen atoms in total. The maximum absolute atomic E-state index is 10.5. The van der Waals surface area contributed by atoms with Crippen molar-refractivity contribution >= 4 is 22.8 Å². The Morgan fingerprint density at radius 2 is 2.31 bits per heavy atom. The van der Waals surface area contributed by atoms with E-state index in [0.29, 0.717) is 18.8 Å². The van der Waals surface area contributed by atoms with E-state index in [-0.39, 0.29) is 0 Å². The number of nitrogens with one attached hydrogen (secondary N) is 1. The number of hydrogen-bond acceptors (Lipinski definition) is 3. The molecule has 1 aromatic carbocycles. The van der Waals surface area contributed by atoms with Crippen molar-refractivity contribution in [1.29, 1.82) is 0 Å². The fraction of sp³-hybridized carbons (Fsp3) is 0.200. The highest BCUT2D eigenvalue weighted by molar-refractivity contribution is 5.79. The van der Waals surface area contributed by atoms with Crippen LogP contribution in [0.3, 0.4) is 0 Å². The van der Waals surface area contributed by atoms with Gasteiger partial charge in [0.1, 0.15) is 0 Å². The van der Waals surface area contributed by atoms with Gasteiger partial charge < -0.3 is 21.4 Å². The average Bonchev–Trinajstić information content (AvgIpc) is 2.60. The zero-order valence-corrected chi connectivity index (χ0v) is 8.68. The Kier molecular flexibility index (Phi) is 2.63. The monoisotopic (exact) mass is 219 g/mol. The smallest absolute Gasteiger partial charge is 0.312 e. The number of amides is 2. The minimum Gasteiger partial charge on any atom is -0.399 e. The molecule has 5 N–H and O–H groups in total. The number of benzene rings is 1. The number of anilines is 1. The second-order valence-electron chi connectivity index (χ2n) is 3.48. The number of nitrogen functional groups attached to an aromatic ring is 1. The molecule has 1 heterocycles. The van der Waals surface area contributed by atoms with Crippen LogP contribution in [0.5, 0.6) is 0 Å². The summed E-state index contributed by atoms with van der Waals surface area (Å²) in [5, 5.41) is 2.53. The summed E-state index contributed by atoms with van der Waals surface area (Å²) < 4.78 is 1.94. The van der Waals surface area contributed by atoms with Crippen molar-refractivity contribution in [3.63, 3.8) is 0 Å².